The molecule has 2 heterocycles. The molecule has 2 aromatic heterocycles. The number of fused-ring (bicyclic) bond motifs is 1. The van der Waals surface area contributed by atoms with Crippen LogP contribution in [0.5, 0.6) is 0 Å². The third-order valence-electron chi connectivity index (χ3n) is 4.87. The molecule has 0 radical (unpaired) electrons. The molecule has 0 spiro atoms. The van der Waals surface area contributed by atoms with E-state index < -0.39 is 0 Å². The summed E-state index contributed by atoms with van der Waals surface area (Å²) >= 11 is 6.84. The summed E-state index contributed by atoms with van der Waals surface area (Å²) in [7, 11) is 3.92. The molecule has 0 aliphatic carbocycles. The van der Waals surface area contributed by atoms with Gasteiger partial charge in [-0.15, -0.1) is 10.2 Å². The number of amides is 1. The molecule has 4 aromatic rings. The van der Waals surface area contributed by atoms with Crippen molar-refractivity contribution in [3.8, 4) is 22.5 Å². The number of nitrogens with one attached hydrogen (secondary N) is 1. The van der Waals surface area contributed by atoms with Gasteiger partial charge in [0, 0.05) is 24.2 Å². The normalized spacial score (nSPS) is 11.2. The summed E-state index contributed by atoms with van der Waals surface area (Å²) in [6.45, 7) is 1.35. The Morgan fingerprint density at radius 3 is 2.19 bits per heavy atom. The maximum atomic E-state index is 12.5. The molecule has 7 nitrogen and oxygen atoms in total. The van der Waals surface area contributed by atoms with Gasteiger partial charge < -0.3 is 10.2 Å². The van der Waals surface area contributed by atoms with Crippen molar-refractivity contribution in [3.63, 3.8) is 0 Å². The van der Waals surface area contributed by atoms with Crippen molar-refractivity contribution >= 4 is 28.5 Å². The van der Waals surface area contributed by atoms with Gasteiger partial charge in [-0.05, 0) is 14.1 Å². The molecule has 31 heavy (non-hydrogen) atoms. The van der Waals surface area contributed by atoms with Crippen LogP contribution in [0.3, 0.4) is 0 Å². The topological polar surface area (TPSA) is 75.9 Å². The Hall–Kier alpha value is -3.29. The number of benzene rings is 2. The maximum absolute atomic E-state index is 12.5. The highest BCUT2D eigenvalue weighted by atomic mass is 35.5. The van der Waals surface area contributed by atoms with Gasteiger partial charge in [0.15, 0.2) is 5.65 Å². The second kappa shape index (κ2) is 9.24. The number of hydrogen-bond acceptors (Lipinski definition) is 5. The second-order valence-electron chi connectivity index (χ2n) is 7.45. The summed E-state index contributed by atoms with van der Waals surface area (Å²) < 4.78 is 1.57. The van der Waals surface area contributed by atoms with Crippen molar-refractivity contribution in [2.45, 2.75) is 6.54 Å². The van der Waals surface area contributed by atoms with Crippen molar-refractivity contribution in [1.29, 1.82) is 0 Å². The lowest BCUT2D eigenvalue weighted by molar-refractivity contribution is -0.121. The van der Waals surface area contributed by atoms with Crippen LogP contribution >= 0.6 is 11.6 Å². The minimum atomic E-state index is -0.143. The van der Waals surface area contributed by atoms with Crippen LogP contribution in [0.25, 0.3) is 33.5 Å². The molecule has 0 aliphatic heterocycles. The van der Waals surface area contributed by atoms with E-state index in [0.717, 1.165) is 17.7 Å². The van der Waals surface area contributed by atoms with Crippen LogP contribution < -0.4 is 5.32 Å². The second-order valence-corrected chi connectivity index (χ2v) is 7.83. The fourth-order valence-corrected chi connectivity index (χ4v) is 3.64. The van der Waals surface area contributed by atoms with Crippen molar-refractivity contribution in [1.82, 2.24) is 30.2 Å². The van der Waals surface area contributed by atoms with E-state index in [1.165, 1.54) is 0 Å². The van der Waals surface area contributed by atoms with Crippen molar-refractivity contribution in [2.24, 2.45) is 0 Å². The highest BCUT2D eigenvalue weighted by Crippen LogP contribution is 2.37. The Kier molecular flexibility index (Phi) is 6.25. The Morgan fingerprint density at radius 1 is 0.968 bits per heavy atom. The van der Waals surface area contributed by atoms with E-state index in [4.69, 9.17) is 16.7 Å². The van der Waals surface area contributed by atoms with Gasteiger partial charge in [-0.1, -0.05) is 72.3 Å². The molecule has 0 saturated heterocycles. The standard InChI is InChI=1S/C23H23ClN6O/c1-29(2)14-13-25-18(31)15-30-23-19(21(28-30)16-9-5-3-6-10-16)20(24)22(26-27-23)17-11-7-4-8-12-17/h3-12H,13-15H2,1-2H3,(H,25,31). The third kappa shape index (κ3) is 4.57. The van der Waals surface area contributed by atoms with E-state index in [-0.39, 0.29) is 12.5 Å². The molecular formula is C23H23ClN6O. The molecule has 0 fully saturated rings. The van der Waals surface area contributed by atoms with Crippen LogP contribution in [-0.2, 0) is 11.3 Å². The molecule has 0 aliphatic rings. The Balaban J connectivity index is 1.78. The molecule has 1 N–H and O–H groups in total. The minimum absolute atomic E-state index is 0.0342. The average molecular weight is 435 g/mol. The fraction of sp³-hybridized carbons (Fsp3) is 0.217. The van der Waals surface area contributed by atoms with Crippen LogP contribution in [0.4, 0.5) is 0 Å². The van der Waals surface area contributed by atoms with Crippen LogP contribution in [0, 0.1) is 0 Å². The maximum Gasteiger partial charge on any atom is 0.241 e. The first-order valence-corrected chi connectivity index (χ1v) is 10.4. The molecule has 0 unspecified atom stereocenters. The van der Waals surface area contributed by atoms with Gasteiger partial charge >= 0.3 is 0 Å². The number of carbonyl (C=O) groups is 1. The quantitative estimate of drug-likeness (QED) is 0.482. The third-order valence-corrected chi connectivity index (χ3v) is 5.23. The number of nitrogens with zero attached hydrogens (tertiary/aromatic N) is 5. The van der Waals surface area contributed by atoms with Gasteiger partial charge in [-0.3, -0.25) is 4.79 Å². The first kappa shape index (κ1) is 21.0. The summed E-state index contributed by atoms with van der Waals surface area (Å²) in [5.74, 6) is -0.143. The SMILES string of the molecule is CN(C)CCNC(=O)Cn1nc(-c2ccccc2)c2c(Cl)c(-c3ccccc3)nnc21. The minimum Gasteiger partial charge on any atom is -0.353 e. The molecule has 4 rings (SSSR count). The van der Waals surface area contributed by atoms with Gasteiger partial charge in [-0.2, -0.15) is 5.10 Å². The smallest absolute Gasteiger partial charge is 0.241 e. The number of aromatic nitrogens is 4. The van der Waals surface area contributed by atoms with Crippen molar-refractivity contribution < 1.29 is 4.79 Å². The first-order chi connectivity index (χ1) is 15.0. The van der Waals surface area contributed by atoms with E-state index in [2.05, 4.69) is 15.5 Å². The highest BCUT2D eigenvalue weighted by molar-refractivity contribution is 6.38. The van der Waals surface area contributed by atoms with E-state index in [9.17, 15) is 4.79 Å². The number of rotatable bonds is 7. The van der Waals surface area contributed by atoms with Gasteiger partial charge in [0.1, 0.15) is 17.9 Å². The predicted octanol–water partition coefficient (Wildman–Crippen LogP) is 3.49. The van der Waals surface area contributed by atoms with E-state index in [1.807, 2.05) is 79.7 Å². The van der Waals surface area contributed by atoms with Crippen LogP contribution in [-0.4, -0.2) is 58.0 Å². The molecule has 2 aromatic carbocycles. The Bertz CT molecular complexity index is 1190. The molecule has 8 heteroatoms. The summed E-state index contributed by atoms with van der Waals surface area (Å²) in [6.07, 6.45) is 0. The summed E-state index contributed by atoms with van der Waals surface area (Å²) in [6, 6.07) is 19.4. The van der Waals surface area contributed by atoms with Crippen LogP contribution in [0.15, 0.2) is 60.7 Å². The van der Waals surface area contributed by atoms with Crippen molar-refractivity contribution in [2.75, 3.05) is 27.2 Å². The monoisotopic (exact) mass is 434 g/mol. The Morgan fingerprint density at radius 2 is 1.58 bits per heavy atom. The molecule has 0 atom stereocenters. The zero-order valence-electron chi connectivity index (χ0n) is 17.4. The van der Waals surface area contributed by atoms with Crippen LogP contribution in [0.1, 0.15) is 0 Å². The zero-order valence-corrected chi connectivity index (χ0v) is 18.2. The highest BCUT2D eigenvalue weighted by Gasteiger charge is 2.21. The number of hydrogen-bond donors (Lipinski definition) is 1. The van der Waals surface area contributed by atoms with E-state index in [1.54, 1.807) is 4.68 Å². The molecule has 0 bridgehead atoms. The number of carbonyl (C=O) groups excluding carboxylic acids is 1. The largest absolute Gasteiger partial charge is 0.353 e. The van der Waals surface area contributed by atoms with E-state index in [0.29, 0.717) is 34.0 Å². The van der Waals surface area contributed by atoms with Gasteiger partial charge in [0.2, 0.25) is 5.91 Å². The molecular weight excluding hydrogens is 412 g/mol. The lowest BCUT2D eigenvalue weighted by Gasteiger charge is -2.10. The predicted molar refractivity (Wildman–Crippen MR) is 123 cm³/mol. The zero-order chi connectivity index (χ0) is 21.8. The molecule has 158 valence electrons. The Labute approximate surface area is 185 Å². The van der Waals surface area contributed by atoms with E-state index >= 15 is 0 Å². The first-order valence-electron chi connectivity index (χ1n) is 9.99. The fourth-order valence-electron chi connectivity index (χ4n) is 3.32. The number of halogens is 1. The lowest BCUT2D eigenvalue weighted by atomic mass is 10.1. The lowest BCUT2D eigenvalue weighted by Crippen LogP contribution is -2.33. The number of likely N-dealkylation sites (N-methyl/N-ethyl adjacent to an activating group) is 1. The van der Waals surface area contributed by atoms with Gasteiger partial charge in [0.25, 0.3) is 0 Å². The van der Waals surface area contributed by atoms with Crippen molar-refractivity contribution in [3.05, 3.63) is 65.7 Å². The summed E-state index contributed by atoms with van der Waals surface area (Å²) in [5.41, 5.74) is 3.50. The average Bonchev–Trinajstić information content (AvgIpc) is 3.14. The van der Waals surface area contributed by atoms with Gasteiger partial charge in [0.05, 0.1) is 10.4 Å². The summed E-state index contributed by atoms with van der Waals surface area (Å²) in [5, 5.41) is 17.5. The van der Waals surface area contributed by atoms with Crippen LogP contribution in [0.2, 0.25) is 5.02 Å². The molecule has 1 amide bonds. The molecule has 0 saturated carbocycles. The van der Waals surface area contributed by atoms with Gasteiger partial charge in [-0.25, -0.2) is 4.68 Å². The summed E-state index contributed by atoms with van der Waals surface area (Å²) in [4.78, 5) is 14.5.